The zero-order chi connectivity index (χ0) is 15.1. The number of anilines is 1. The lowest BCUT2D eigenvalue weighted by molar-refractivity contribution is -0.136. The highest BCUT2D eigenvalue weighted by Gasteiger charge is 2.15. The maximum absolute atomic E-state index is 11.7. The molecule has 0 heterocycles. The Morgan fingerprint density at radius 3 is 2.50 bits per heavy atom. The fourth-order valence-corrected chi connectivity index (χ4v) is 1.67. The topological polar surface area (TPSA) is 81.7 Å². The third-order valence-electron chi connectivity index (χ3n) is 2.67. The molecule has 0 unspecified atom stereocenters. The van der Waals surface area contributed by atoms with Gasteiger partial charge in [0, 0.05) is 18.8 Å². The van der Waals surface area contributed by atoms with Crippen molar-refractivity contribution in [2.24, 2.45) is 0 Å². The first-order valence-corrected chi connectivity index (χ1v) is 6.37. The SMILES string of the molecule is Cc1ccccc1NC(=O)C(=O)NC[C@H](O)CN(C)C. The quantitative estimate of drug-likeness (QED) is 0.661. The highest BCUT2D eigenvalue weighted by molar-refractivity contribution is 6.39. The number of aliphatic hydroxyl groups excluding tert-OH is 1. The van der Waals surface area contributed by atoms with Crippen molar-refractivity contribution in [2.75, 3.05) is 32.5 Å². The number of hydrogen-bond acceptors (Lipinski definition) is 4. The van der Waals surface area contributed by atoms with Gasteiger partial charge in [-0.15, -0.1) is 0 Å². The van der Waals surface area contributed by atoms with Crippen LogP contribution in [0.3, 0.4) is 0 Å². The summed E-state index contributed by atoms with van der Waals surface area (Å²) in [4.78, 5) is 25.1. The number of aliphatic hydroxyl groups is 1. The van der Waals surface area contributed by atoms with Crippen LogP contribution in [0.15, 0.2) is 24.3 Å². The predicted molar refractivity (Wildman–Crippen MR) is 77.4 cm³/mol. The van der Waals surface area contributed by atoms with Gasteiger partial charge in [0.25, 0.3) is 0 Å². The van der Waals surface area contributed by atoms with Crippen molar-refractivity contribution in [3.8, 4) is 0 Å². The van der Waals surface area contributed by atoms with Gasteiger partial charge in [0.05, 0.1) is 6.10 Å². The lowest BCUT2D eigenvalue weighted by atomic mass is 10.2. The van der Waals surface area contributed by atoms with Crippen molar-refractivity contribution in [2.45, 2.75) is 13.0 Å². The van der Waals surface area contributed by atoms with Crippen molar-refractivity contribution in [3.05, 3.63) is 29.8 Å². The molecule has 0 aliphatic carbocycles. The molecule has 1 aromatic rings. The number of carbonyl (C=O) groups excluding carboxylic acids is 2. The summed E-state index contributed by atoms with van der Waals surface area (Å²) < 4.78 is 0. The van der Waals surface area contributed by atoms with Crippen LogP contribution in [0.2, 0.25) is 0 Å². The van der Waals surface area contributed by atoms with Crippen LogP contribution in [-0.4, -0.2) is 55.1 Å². The molecular weight excluding hydrogens is 258 g/mol. The largest absolute Gasteiger partial charge is 0.390 e. The number of nitrogens with zero attached hydrogens (tertiary/aromatic N) is 1. The van der Waals surface area contributed by atoms with E-state index in [0.717, 1.165) is 5.56 Å². The highest BCUT2D eigenvalue weighted by Crippen LogP contribution is 2.12. The average Bonchev–Trinajstić information content (AvgIpc) is 2.37. The zero-order valence-corrected chi connectivity index (χ0v) is 12.0. The molecule has 6 heteroatoms. The lowest BCUT2D eigenvalue weighted by Crippen LogP contribution is -2.42. The summed E-state index contributed by atoms with van der Waals surface area (Å²) in [5.74, 6) is -1.50. The Morgan fingerprint density at radius 1 is 1.25 bits per heavy atom. The van der Waals surface area contributed by atoms with Gasteiger partial charge in [0.2, 0.25) is 0 Å². The molecule has 0 saturated carbocycles. The van der Waals surface area contributed by atoms with E-state index in [9.17, 15) is 14.7 Å². The molecule has 0 aliphatic rings. The van der Waals surface area contributed by atoms with Gasteiger partial charge in [0.15, 0.2) is 0 Å². The van der Waals surface area contributed by atoms with E-state index in [4.69, 9.17) is 0 Å². The molecule has 2 amide bonds. The number of para-hydroxylation sites is 1. The number of hydrogen-bond donors (Lipinski definition) is 3. The third-order valence-corrected chi connectivity index (χ3v) is 2.67. The fourth-order valence-electron chi connectivity index (χ4n) is 1.67. The Kier molecular flexibility index (Phi) is 6.14. The molecule has 20 heavy (non-hydrogen) atoms. The number of amides is 2. The average molecular weight is 279 g/mol. The number of benzene rings is 1. The van der Waals surface area contributed by atoms with Crippen molar-refractivity contribution < 1.29 is 14.7 Å². The Morgan fingerprint density at radius 2 is 1.90 bits per heavy atom. The summed E-state index contributed by atoms with van der Waals surface area (Å²) >= 11 is 0. The summed E-state index contributed by atoms with van der Waals surface area (Å²) in [5.41, 5.74) is 1.47. The van der Waals surface area contributed by atoms with Gasteiger partial charge in [-0.25, -0.2) is 0 Å². The van der Waals surface area contributed by atoms with Gasteiger partial charge >= 0.3 is 11.8 Å². The summed E-state index contributed by atoms with van der Waals surface area (Å²) in [6, 6.07) is 7.19. The monoisotopic (exact) mass is 279 g/mol. The van der Waals surface area contributed by atoms with E-state index in [1.165, 1.54) is 0 Å². The van der Waals surface area contributed by atoms with Crippen molar-refractivity contribution in [3.63, 3.8) is 0 Å². The van der Waals surface area contributed by atoms with Crippen LogP contribution < -0.4 is 10.6 Å². The molecule has 1 aromatic carbocycles. The van der Waals surface area contributed by atoms with Crippen LogP contribution in [0, 0.1) is 6.92 Å². The van der Waals surface area contributed by atoms with E-state index < -0.39 is 17.9 Å². The number of rotatable bonds is 5. The molecule has 0 saturated heterocycles. The first kappa shape index (κ1) is 16.1. The van der Waals surface area contributed by atoms with Gasteiger partial charge in [-0.1, -0.05) is 18.2 Å². The fraction of sp³-hybridized carbons (Fsp3) is 0.429. The van der Waals surface area contributed by atoms with E-state index in [0.29, 0.717) is 12.2 Å². The van der Waals surface area contributed by atoms with Gasteiger partial charge in [-0.05, 0) is 32.6 Å². The van der Waals surface area contributed by atoms with Crippen LogP contribution in [0.5, 0.6) is 0 Å². The normalized spacial score (nSPS) is 12.1. The summed E-state index contributed by atoms with van der Waals surface area (Å²) in [5, 5.41) is 14.5. The first-order chi connectivity index (χ1) is 9.40. The molecule has 6 nitrogen and oxygen atoms in total. The van der Waals surface area contributed by atoms with Crippen LogP contribution in [-0.2, 0) is 9.59 Å². The van der Waals surface area contributed by atoms with Gasteiger partial charge in [-0.2, -0.15) is 0 Å². The zero-order valence-electron chi connectivity index (χ0n) is 12.0. The minimum Gasteiger partial charge on any atom is -0.390 e. The second-order valence-electron chi connectivity index (χ2n) is 4.90. The number of nitrogens with one attached hydrogen (secondary N) is 2. The van der Waals surface area contributed by atoms with E-state index in [-0.39, 0.29) is 6.54 Å². The van der Waals surface area contributed by atoms with Gasteiger partial charge in [-0.3, -0.25) is 9.59 Å². The molecule has 0 fully saturated rings. The number of aryl methyl sites for hydroxylation is 1. The third kappa shape index (κ3) is 5.38. The second kappa shape index (κ2) is 7.62. The minimum atomic E-state index is -0.758. The highest BCUT2D eigenvalue weighted by atomic mass is 16.3. The number of carbonyl (C=O) groups is 2. The van der Waals surface area contributed by atoms with Gasteiger partial charge in [0.1, 0.15) is 0 Å². The smallest absolute Gasteiger partial charge is 0.313 e. The minimum absolute atomic E-state index is 0.0399. The standard InChI is InChI=1S/C14H21N3O3/c1-10-6-4-5-7-12(10)16-14(20)13(19)15-8-11(18)9-17(2)3/h4-7,11,18H,8-9H2,1-3H3,(H,15,19)(H,16,20)/t11-/m0/s1. The van der Waals surface area contributed by atoms with E-state index >= 15 is 0 Å². The molecule has 3 N–H and O–H groups in total. The molecule has 0 spiro atoms. The summed E-state index contributed by atoms with van der Waals surface area (Å²) in [6.07, 6.45) is -0.708. The predicted octanol–water partition coefficient (Wildman–Crippen LogP) is -0.0278. The maximum atomic E-state index is 11.7. The Bertz CT molecular complexity index is 474. The second-order valence-corrected chi connectivity index (χ2v) is 4.90. The first-order valence-electron chi connectivity index (χ1n) is 6.37. The van der Waals surface area contributed by atoms with Crippen LogP contribution >= 0.6 is 0 Å². The van der Waals surface area contributed by atoms with E-state index in [2.05, 4.69) is 10.6 Å². The van der Waals surface area contributed by atoms with E-state index in [1.807, 2.05) is 33.2 Å². The molecule has 1 rings (SSSR count). The van der Waals surface area contributed by atoms with Crippen molar-refractivity contribution in [1.82, 2.24) is 10.2 Å². The summed E-state index contributed by atoms with van der Waals surface area (Å²) in [7, 11) is 3.63. The maximum Gasteiger partial charge on any atom is 0.313 e. The summed E-state index contributed by atoms with van der Waals surface area (Å²) in [6.45, 7) is 2.30. The number of likely N-dealkylation sites (N-methyl/N-ethyl adjacent to an activating group) is 1. The molecule has 0 bridgehead atoms. The molecule has 0 aromatic heterocycles. The Labute approximate surface area is 118 Å². The van der Waals surface area contributed by atoms with Crippen molar-refractivity contribution >= 4 is 17.5 Å². The Balaban J connectivity index is 2.44. The lowest BCUT2D eigenvalue weighted by Gasteiger charge is -2.16. The molecular formula is C14H21N3O3. The molecule has 1 atom stereocenters. The molecule has 0 aliphatic heterocycles. The Hall–Kier alpha value is -1.92. The van der Waals surface area contributed by atoms with Crippen LogP contribution in [0.25, 0.3) is 0 Å². The van der Waals surface area contributed by atoms with Crippen molar-refractivity contribution in [1.29, 1.82) is 0 Å². The van der Waals surface area contributed by atoms with E-state index in [1.54, 1.807) is 17.0 Å². The molecule has 110 valence electrons. The molecule has 0 radical (unpaired) electrons. The van der Waals surface area contributed by atoms with Gasteiger partial charge < -0.3 is 20.6 Å². The van der Waals surface area contributed by atoms with Crippen LogP contribution in [0.4, 0.5) is 5.69 Å². The van der Waals surface area contributed by atoms with Crippen LogP contribution in [0.1, 0.15) is 5.56 Å².